The van der Waals surface area contributed by atoms with Crippen LogP contribution < -0.4 is 0 Å². The molecule has 0 aliphatic rings. The van der Waals surface area contributed by atoms with E-state index in [9.17, 15) is 13.2 Å². The summed E-state index contributed by atoms with van der Waals surface area (Å²) in [4.78, 5) is 0.0191. The van der Waals surface area contributed by atoms with Crippen molar-refractivity contribution >= 4 is 27.5 Å². The molecular weight excluding hydrogens is 359 g/mol. The zero-order valence-corrected chi connectivity index (χ0v) is 12.7. The molecule has 0 saturated carbocycles. The summed E-state index contributed by atoms with van der Waals surface area (Å²) in [6.45, 7) is 1.96. The maximum Gasteiger partial charge on any atom is 0.417 e. The summed E-state index contributed by atoms with van der Waals surface area (Å²) >= 11 is 8.99. The minimum atomic E-state index is -4.50. The van der Waals surface area contributed by atoms with E-state index in [0.717, 1.165) is 12.5 Å². The predicted octanol–water partition coefficient (Wildman–Crippen LogP) is 4.79. The molecular formula is C12H10BrClF3N3. The van der Waals surface area contributed by atoms with Crippen LogP contribution in [0.3, 0.4) is 0 Å². The Morgan fingerprint density at radius 2 is 2.10 bits per heavy atom. The molecule has 0 N–H and O–H groups in total. The molecule has 3 nitrogen and oxygen atoms in total. The predicted molar refractivity (Wildman–Crippen MR) is 73.3 cm³/mol. The molecule has 0 aliphatic carbocycles. The molecule has 0 spiro atoms. The zero-order valence-electron chi connectivity index (χ0n) is 10.3. The van der Waals surface area contributed by atoms with Crippen LogP contribution in [0.5, 0.6) is 0 Å². The minimum Gasteiger partial charge on any atom is -0.220 e. The molecule has 0 amide bonds. The first kappa shape index (κ1) is 15.3. The Balaban J connectivity index is 2.41. The molecule has 1 aromatic carbocycles. The van der Waals surface area contributed by atoms with Gasteiger partial charge in [0.05, 0.1) is 33.0 Å². The zero-order chi connectivity index (χ0) is 14.9. The van der Waals surface area contributed by atoms with Crippen LogP contribution in [-0.2, 0) is 6.18 Å². The van der Waals surface area contributed by atoms with Crippen molar-refractivity contribution in [3.05, 3.63) is 40.7 Å². The number of rotatable bonds is 3. The summed E-state index contributed by atoms with van der Waals surface area (Å²) < 4.78 is 39.7. The van der Waals surface area contributed by atoms with E-state index in [1.165, 1.54) is 16.8 Å². The van der Waals surface area contributed by atoms with Crippen LogP contribution in [0.2, 0.25) is 5.02 Å². The molecule has 0 bridgehead atoms. The van der Waals surface area contributed by atoms with Crippen LogP contribution in [0.1, 0.15) is 29.4 Å². The third-order valence-corrected chi connectivity index (χ3v) is 4.16. The Morgan fingerprint density at radius 1 is 1.40 bits per heavy atom. The van der Waals surface area contributed by atoms with Crippen LogP contribution in [0.4, 0.5) is 13.2 Å². The highest BCUT2D eigenvalue weighted by Gasteiger charge is 2.33. The van der Waals surface area contributed by atoms with Crippen LogP contribution in [0, 0.1) is 0 Å². The second-order valence-corrected chi connectivity index (χ2v) is 5.64. The number of benzene rings is 1. The fourth-order valence-corrected chi connectivity index (χ4v) is 2.06. The molecule has 1 heterocycles. The Kier molecular flexibility index (Phi) is 4.39. The highest BCUT2D eigenvalue weighted by atomic mass is 79.9. The Morgan fingerprint density at radius 3 is 2.70 bits per heavy atom. The molecule has 2 rings (SSSR count). The number of alkyl halides is 4. The normalized spacial score (nSPS) is 13.5. The first-order valence-corrected chi connectivity index (χ1v) is 7.05. The highest BCUT2D eigenvalue weighted by Crippen LogP contribution is 2.35. The molecule has 2 aromatic rings. The minimum absolute atomic E-state index is 0.0191. The Labute approximate surface area is 126 Å². The number of hydrogen-bond acceptors (Lipinski definition) is 2. The molecule has 20 heavy (non-hydrogen) atoms. The van der Waals surface area contributed by atoms with Gasteiger partial charge < -0.3 is 0 Å². The average molecular weight is 369 g/mol. The summed E-state index contributed by atoms with van der Waals surface area (Å²) in [7, 11) is 0. The lowest BCUT2D eigenvalue weighted by Crippen LogP contribution is -2.07. The molecule has 108 valence electrons. The molecule has 1 atom stereocenters. The van der Waals surface area contributed by atoms with Gasteiger partial charge in [0.2, 0.25) is 0 Å². The van der Waals surface area contributed by atoms with Crippen molar-refractivity contribution in [1.82, 2.24) is 15.0 Å². The van der Waals surface area contributed by atoms with Crippen molar-refractivity contribution in [1.29, 1.82) is 0 Å². The van der Waals surface area contributed by atoms with Crippen LogP contribution in [-0.4, -0.2) is 15.0 Å². The molecule has 0 saturated heterocycles. The van der Waals surface area contributed by atoms with E-state index in [2.05, 4.69) is 26.2 Å². The van der Waals surface area contributed by atoms with E-state index in [4.69, 9.17) is 11.6 Å². The van der Waals surface area contributed by atoms with Crippen LogP contribution in [0.15, 0.2) is 24.4 Å². The largest absolute Gasteiger partial charge is 0.417 e. The summed E-state index contributed by atoms with van der Waals surface area (Å²) in [5.74, 6) is 0. The maximum atomic E-state index is 12.8. The fourth-order valence-electron chi connectivity index (χ4n) is 1.63. The second kappa shape index (κ2) is 5.73. The van der Waals surface area contributed by atoms with Crippen molar-refractivity contribution in [2.75, 3.05) is 0 Å². The SMILES string of the molecule is CCC(Br)c1cn(-c2ccc(Cl)c(C(F)(F)F)c2)nn1. The molecule has 0 fully saturated rings. The molecule has 0 radical (unpaired) electrons. The van der Waals surface area contributed by atoms with Crippen molar-refractivity contribution in [3.63, 3.8) is 0 Å². The van der Waals surface area contributed by atoms with E-state index in [0.29, 0.717) is 5.69 Å². The van der Waals surface area contributed by atoms with Gasteiger partial charge in [-0.3, -0.25) is 0 Å². The molecule has 8 heteroatoms. The van der Waals surface area contributed by atoms with Crippen LogP contribution in [0.25, 0.3) is 5.69 Å². The molecule has 0 aliphatic heterocycles. The van der Waals surface area contributed by atoms with E-state index >= 15 is 0 Å². The number of nitrogens with zero attached hydrogens (tertiary/aromatic N) is 3. The van der Waals surface area contributed by atoms with Crippen molar-refractivity contribution in [3.8, 4) is 5.69 Å². The number of aromatic nitrogens is 3. The number of halogens is 5. The summed E-state index contributed by atoms with van der Waals surface area (Å²) in [6.07, 6.45) is -2.11. The lowest BCUT2D eigenvalue weighted by molar-refractivity contribution is -0.137. The van der Waals surface area contributed by atoms with Gasteiger partial charge in [0.1, 0.15) is 0 Å². The Hall–Kier alpha value is -1.08. The van der Waals surface area contributed by atoms with Gasteiger partial charge in [0, 0.05) is 0 Å². The van der Waals surface area contributed by atoms with E-state index < -0.39 is 11.7 Å². The third-order valence-electron chi connectivity index (χ3n) is 2.71. The van der Waals surface area contributed by atoms with E-state index in [1.807, 2.05) is 6.92 Å². The van der Waals surface area contributed by atoms with Gasteiger partial charge in [-0.05, 0) is 24.6 Å². The van der Waals surface area contributed by atoms with Gasteiger partial charge in [-0.1, -0.05) is 39.7 Å². The smallest absolute Gasteiger partial charge is 0.220 e. The summed E-state index contributed by atoms with van der Waals surface area (Å²) in [6, 6.07) is 3.62. The van der Waals surface area contributed by atoms with Gasteiger partial charge in [-0.25, -0.2) is 4.68 Å². The first-order chi connectivity index (χ1) is 9.32. The fraction of sp³-hybridized carbons (Fsp3) is 0.333. The molecule has 1 aromatic heterocycles. The number of hydrogen-bond donors (Lipinski definition) is 0. The summed E-state index contributed by atoms with van der Waals surface area (Å²) in [5, 5.41) is 7.42. The van der Waals surface area contributed by atoms with Gasteiger partial charge >= 0.3 is 6.18 Å². The lowest BCUT2D eigenvalue weighted by atomic mass is 10.2. The van der Waals surface area contributed by atoms with Crippen molar-refractivity contribution < 1.29 is 13.2 Å². The first-order valence-electron chi connectivity index (χ1n) is 5.76. The maximum absolute atomic E-state index is 12.8. The average Bonchev–Trinajstić information content (AvgIpc) is 2.86. The summed E-state index contributed by atoms with van der Waals surface area (Å²) in [5.41, 5.74) is 0.0342. The quantitative estimate of drug-likeness (QED) is 0.730. The monoisotopic (exact) mass is 367 g/mol. The van der Waals surface area contributed by atoms with Crippen LogP contribution >= 0.6 is 27.5 Å². The van der Waals surface area contributed by atoms with E-state index in [-0.39, 0.29) is 15.5 Å². The van der Waals surface area contributed by atoms with Gasteiger partial charge in [0.25, 0.3) is 0 Å². The second-order valence-electron chi connectivity index (χ2n) is 4.13. The standard InChI is InChI=1S/C12H10BrClF3N3/c1-2-9(13)11-6-20(19-18-11)7-3-4-10(14)8(5-7)12(15,16)17/h3-6,9H,2H2,1H3. The topological polar surface area (TPSA) is 30.7 Å². The van der Waals surface area contributed by atoms with Gasteiger partial charge in [-0.2, -0.15) is 13.2 Å². The van der Waals surface area contributed by atoms with E-state index in [1.54, 1.807) is 6.20 Å². The lowest BCUT2D eigenvalue weighted by Gasteiger charge is -2.10. The van der Waals surface area contributed by atoms with Crippen molar-refractivity contribution in [2.24, 2.45) is 0 Å². The van der Waals surface area contributed by atoms with Gasteiger partial charge in [0.15, 0.2) is 0 Å². The third kappa shape index (κ3) is 3.15. The molecule has 1 unspecified atom stereocenters. The van der Waals surface area contributed by atoms with Crippen molar-refractivity contribution in [2.45, 2.75) is 24.3 Å². The van der Waals surface area contributed by atoms with Gasteiger partial charge in [-0.15, -0.1) is 5.10 Å². The highest BCUT2D eigenvalue weighted by molar-refractivity contribution is 9.09. The Bertz CT molecular complexity index is 612.